The maximum atomic E-state index is 12.3. The van der Waals surface area contributed by atoms with Gasteiger partial charge in [-0.25, -0.2) is 9.97 Å². The molecule has 1 aromatic heterocycles. The SMILES string of the molecule is Cc1cccc(Nc2nccc(C3CCCN(C(=O)C(C)C)C3)n2)c1. The Morgan fingerprint density at radius 3 is 2.92 bits per heavy atom. The topological polar surface area (TPSA) is 58.1 Å². The number of hydrogen-bond donors (Lipinski definition) is 1. The summed E-state index contributed by atoms with van der Waals surface area (Å²) in [6.45, 7) is 7.58. The van der Waals surface area contributed by atoms with E-state index in [1.54, 1.807) is 6.20 Å². The van der Waals surface area contributed by atoms with Crippen LogP contribution in [0.25, 0.3) is 0 Å². The Kier molecular flexibility index (Phi) is 5.31. The van der Waals surface area contributed by atoms with E-state index in [-0.39, 0.29) is 17.7 Å². The molecule has 1 aromatic carbocycles. The van der Waals surface area contributed by atoms with Crippen molar-refractivity contribution >= 4 is 17.5 Å². The number of nitrogens with zero attached hydrogens (tertiary/aromatic N) is 3. The molecule has 132 valence electrons. The van der Waals surface area contributed by atoms with Gasteiger partial charge in [-0.05, 0) is 43.5 Å². The van der Waals surface area contributed by atoms with Crippen LogP contribution in [0.15, 0.2) is 36.5 Å². The Balaban J connectivity index is 1.73. The van der Waals surface area contributed by atoms with Gasteiger partial charge < -0.3 is 10.2 Å². The minimum Gasteiger partial charge on any atom is -0.342 e. The van der Waals surface area contributed by atoms with Crippen molar-refractivity contribution in [2.24, 2.45) is 5.92 Å². The molecular formula is C20H26N4O. The van der Waals surface area contributed by atoms with Gasteiger partial charge in [0, 0.05) is 36.8 Å². The van der Waals surface area contributed by atoms with Crippen LogP contribution in [0, 0.1) is 12.8 Å². The standard InChI is InChI=1S/C20H26N4O/c1-14(2)19(25)24-11-5-7-16(13-24)18-9-10-21-20(23-18)22-17-8-4-6-15(3)12-17/h4,6,8-10,12,14,16H,5,7,11,13H2,1-3H3,(H,21,22,23). The number of nitrogens with one attached hydrogen (secondary N) is 1. The second-order valence-electron chi connectivity index (χ2n) is 7.08. The van der Waals surface area contributed by atoms with Crippen LogP contribution < -0.4 is 5.32 Å². The lowest BCUT2D eigenvalue weighted by Gasteiger charge is -2.33. The minimum absolute atomic E-state index is 0.0442. The number of carbonyl (C=O) groups excluding carboxylic acids is 1. The number of benzene rings is 1. The molecule has 1 unspecified atom stereocenters. The van der Waals surface area contributed by atoms with Gasteiger partial charge in [-0.15, -0.1) is 0 Å². The zero-order valence-corrected chi connectivity index (χ0v) is 15.2. The molecule has 5 nitrogen and oxygen atoms in total. The first-order valence-electron chi connectivity index (χ1n) is 8.98. The van der Waals surface area contributed by atoms with Gasteiger partial charge in [0.25, 0.3) is 0 Å². The summed E-state index contributed by atoms with van der Waals surface area (Å²) in [5.41, 5.74) is 3.18. The van der Waals surface area contributed by atoms with E-state index >= 15 is 0 Å². The summed E-state index contributed by atoms with van der Waals surface area (Å²) >= 11 is 0. The first kappa shape index (κ1) is 17.4. The molecule has 5 heteroatoms. The van der Waals surface area contributed by atoms with Crippen molar-refractivity contribution in [3.8, 4) is 0 Å². The fourth-order valence-electron chi connectivity index (χ4n) is 3.30. The van der Waals surface area contributed by atoms with Gasteiger partial charge in [0.15, 0.2) is 0 Å². The van der Waals surface area contributed by atoms with Crippen molar-refractivity contribution in [2.75, 3.05) is 18.4 Å². The maximum Gasteiger partial charge on any atom is 0.227 e. The Bertz CT molecular complexity index is 744. The zero-order valence-electron chi connectivity index (χ0n) is 15.2. The Hall–Kier alpha value is -2.43. The highest BCUT2D eigenvalue weighted by molar-refractivity contribution is 5.78. The van der Waals surface area contributed by atoms with E-state index in [0.717, 1.165) is 37.3 Å². The third kappa shape index (κ3) is 4.35. The van der Waals surface area contributed by atoms with Crippen LogP contribution in [0.2, 0.25) is 0 Å². The summed E-state index contributed by atoms with van der Waals surface area (Å²) in [7, 11) is 0. The number of aryl methyl sites for hydroxylation is 1. The normalized spacial score (nSPS) is 17.6. The minimum atomic E-state index is 0.0442. The molecule has 3 rings (SSSR count). The fraction of sp³-hybridized carbons (Fsp3) is 0.450. The van der Waals surface area contributed by atoms with E-state index in [0.29, 0.717) is 5.95 Å². The van der Waals surface area contributed by atoms with Crippen LogP contribution in [-0.4, -0.2) is 33.9 Å². The summed E-state index contributed by atoms with van der Waals surface area (Å²) in [6, 6.07) is 10.1. The first-order chi connectivity index (χ1) is 12.0. The van der Waals surface area contributed by atoms with Gasteiger partial charge in [0.05, 0.1) is 5.69 Å². The van der Waals surface area contributed by atoms with Gasteiger partial charge in [-0.2, -0.15) is 0 Å². The molecule has 0 radical (unpaired) electrons. The number of aromatic nitrogens is 2. The number of carbonyl (C=O) groups is 1. The molecule has 1 atom stereocenters. The molecule has 1 aliphatic heterocycles. The number of likely N-dealkylation sites (tertiary alicyclic amines) is 1. The van der Waals surface area contributed by atoms with Crippen molar-refractivity contribution in [3.05, 3.63) is 47.8 Å². The molecule has 1 amide bonds. The average Bonchev–Trinajstić information content (AvgIpc) is 2.61. The van der Waals surface area contributed by atoms with Crippen LogP contribution in [0.3, 0.4) is 0 Å². The predicted octanol–water partition coefficient (Wildman–Crippen LogP) is 3.89. The molecule has 0 aliphatic carbocycles. The Labute approximate surface area is 149 Å². The van der Waals surface area contributed by atoms with Crippen molar-refractivity contribution in [2.45, 2.75) is 39.5 Å². The predicted molar refractivity (Wildman–Crippen MR) is 99.9 cm³/mol. The summed E-state index contributed by atoms with van der Waals surface area (Å²) in [4.78, 5) is 23.3. The fourth-order valence-corrected chi connectivity index (χ4v) is 3.30. The molecule has 2 aromatic rings. The number of anilines is 2. The van der Waals surface area contributed by atoms with Gasteiger partial charge in [0.1, 0.15) is 0 Å². The van der Waals surface area contributed by atoms with Crippen LogP contribution in [0.4, 0.5) is 11.6 Å². The van der Waals surface area contributed by atoms with Gasteiger partial charge in [-0.1, -0.05) is 26.0 Å². The van der Waals surface area contributed by atoms with Crippen molar-refractivity contribution in [1.29, 1.82) is 0 Å². The highest BCUT2D eigenvalue weighted by Crippen LogP contribution is 2.27. The lowest BCUT2D eigenvalue weighted by Crippen LogP contribution is -2.41. The van der Waals surface area contributed by atoms with E-state index in [1.165, 1.54) is 5.56 Å². The Morgan fingerprint density at radius 1 is 1.32 bits per heavy atom. The summed E-state index contributed by atoms with van der Waals surface area (Å²) in [5.74, 6) is 1.16. The lowest BCUT2D eigenvalue weighted by molar-refractivity contribution is -0.135. The average molecular weight is 338 g/mol. The van der Waals surface area contributed by atoms with Crippen molar-refractivity contribution < 1.29 is 4.79 Å². The number of rotatable bonds is 4. The molecule has 0 bridgehead atoms. The van der Waals surface area contributed by atoms with Gasteiger partial charge in [0.2, 0.25) is 11.9 Å². The van der Waals surface area contributed by atoms with Crippen LogP contribution in [-0.2, 0) is 4.79 Å². The molecular weight excluding hydrogens is 312 g/mol. The third-order valence-corrected chi connectivity index (χ3v) is 4.60. The molecule has 1 saturated heterocycles. The molecule has 1 N–H and O–H groups in total. The molecule has 2 heterocycles. The van der Waals surface area contributed by atoms with E-state index in [2.05, 4.69) is 29.4 Å². The highest BCUT2D eigenvalue weighted by atomic mass is 16.2. The number of piperidine rings is 1. The lowest BCUT2D eigenvalue weighted by atomic mass is 9.94. The van der Waals surface area contributed by atoms with E-state index in [9.17, 15) is 4.79 Å². The third-order valence-electron chi connectivity index (χ3n) is 4.60. The number of amides is 1. The molecule has 0 spiro atoms. The smallest absolute Gasteiger partial charge is 0.227 e. The zero-order chi connectivity index (χ0) is 17.8. The van der Waals surface area contributed by atoms with Crippen LogP contribution >= 0.6 is 0 Å². The highest BCUT2D eigenvalue weighted by Gasteiger charge is 2.27. The van der Waals surface area contributed by atoms with E-state index < -0.39 is 0 Å². The van der Waals surface area contributed by atoms with E-state index in [1.807, 2.05) is 36.9 Å². The quantitative estimate of drug-likeness (QED) is 0.919. The van der Waals surface area contributed by atoms with Gasteiger partial charge in [-0.3, -0.25) is 4.79 Å². The van der Waals surface area contributed by atoms with Crippen molar-refractivity contribution in [1.82, 2.24) is 14.9 Å². The largest absolute Gasteiger partial charge is 0.342 e. The van der Waals surface area contributed by atoms with Gasteiger partial charge >= 0.3 is 0 Å². The van der Waals surface area contributed by atoms with Crippen molar-refractivity contribution in [3.63, 3.8) is 0 Å². The molecule has 25 heavy (non-hydrogen) atoms. The first-order valence-corrected chi connectivity index (χ1v) is 8.98. The summed E-state index contributed by atoms with van der Waals surface area (Å²) < 4.78 is 0. The molecule has 0 saturated carbocycles. The second-order valence-corrected chi connectivity index (χ2v) is 7.08. The summed E-state index contributed by atoms with van der Waals surface area (Å²) in [5, 5.41) is 3.27. The maximum absolute atomic E-state index is 12.3. The second kappa shape index (κ2) is 7.64. The molecule has 1 fully saturated rings. The Morgan fingerprint density at radius 2 is 2.16 bits per heavy atom. The van der Waals surface area contributed by atoms with Crippen LogP contribution in [0.5, 0.6) is 0 Å². The molecule has 1 aliphatic rings. The summed E-state index contributed by atoms with van der Waals surface area (Å²) in [6.07, 6.45) is 3.88. The number of hydrogen-bond acceptors (Lipinski definition) is 4. The monoisotopic (exact) mass is 338 g/mol. The van der Waals surface area contributed by atoms with E-state index in [4.69, 9.17) is 4.98 Å². The van der Waals surface area contributed by atoms with Crippen LogP contribution in [0.1, 0.15) is 43.9 Å².